The summed E-state index contributed by atoms with van der Waals surface area (Å²) < 4.78 is 5.23. The van der Waals surface area contributed by atoms with Gasteiger partial charge < -0.3 is 9.64 Å². The fraction of sp³-hybridized carbons (Fsp3) is 0.235. The zero-order valence-corrected chi connectivity index (χ0v) is 11.7. The molecule has 102 valence electrons. The molecule has 2 aromatic rings. The normalized spacial score (nSPS) is 13.2. The van der Waals surface area contributed by atoms with Gasteiger partial charge in [0.25, 0.3) is 5.91 Å². The van der Waals surface area contributed by atoms with Crippen LogP contribution in [-0.2, 0) is 6.42 Å². The number of hydrogen-bond acceptors (Lipinski definition) is 2. The molecule has 1 aliphatic rings. The summed E-state index contributed by atoms with van der Waals surface area (Å²) in [5.74, 6) is 0.909. The molecule has 0 saturated carbocycles. The molecule has 0 radical (unpaired) electrons. The third kappa shape index (κ3) is 2.16. The Hall–Kier alpha value is -2.29. The quantitative estimate of drug-likeness (QED) is 0.836. The summed E-state index contributed by atoms with van der Waals surface area (Å²) in [6, 6.07) is 13.6. The Kier molecular flexibility index (Phi) is 3.18. The van der Waals surface area contributed by atoms with Gasteiger partial charge in [0.1, 0.15) is 5.75 Å². The van der Waals surface area contributed by atoms with E-state index in [0.29, 0.717) is 0 Å². The van der Waals surface area contributed by atoms with Gasteiger partial charge in [0.2, 0.25) is 0 Å². The first kappa shape index (κ1) is 12.7. The predicted octanol–water partition coefficient (Wildman–Crippen LogP) is 3.21. The van der Waals surface area contributed by atoms with Crippen molar-refractivity contribution < 1.29 is 9.53 Å². The van der Waals surface area contributed by atoms with E-state index < -0.39 is 0 Å². The van der Waals surface area contributed by atoms with Crippen molar-refractivity contribution in [3.8, 4) is 5.75 Å². The summed E-state index contributed by atoms with van der Waals surface area (Å²) >= 11 is 0. The van der Waals surface area contributed by atoms with Crippen LogP contribution in [0.5, 0.6) is 5.75 Å². The first-order valence-electron chi connectivity index (χ1n) is 6.74. The zero-order valence-electron chi connectivity index (χ0n) is 11.7. The van der Waals surface area contributed by atoms with E-state index in [0.717, 1.165) is 35.5 Å². The van der Waals surface area contributed by atoms with Gasteiger partial charge in [-0.05, 0) is 49.2 Å². The van der Waals surface area contributed by atoms with Gasteiger partial charge >= 0.3 is 0 Å². The summed E-state index contributed by atoms with van der Waals surface area (Å²) in [5.41, 5.74) is 4.02. The number of hydrogen-bond donors (Lipinski definition) is 0. The molecular formula is C17H17NO2. The first-order valence-corrected chi connectivity index (χ1v) is 6.74. The maximum absolute atomic E-state index is 12.6. The van der Waals surface area contributed by atoms with Crippen molar-refractivity contribution in [1.29, 1.82) is 0 Å². The fourth-order valence-corrected chi connectivity index (χ4v) is 2.65. The molecule has 3 heteroatoms. The molecule has 0 atom stereocenters. The summed E-state index contributed by atoms with van der Waals surface area (Å²) in [5, 5.41) is 0. The zero-order chi connectivity index (χ0) is 14.1. The molecular weight excluding hydrogens is 250 g/mol. The standard InChI is InChI=1S/C17H17NO2/c1-12-4-3-5-14(10-12)17(19)18-9-8-13-11-15(20-2)6-7-16(13)18/h3-7,10-11H,8-9H2,1-2H3. The van der Waals surface area contributed by atoms with E-state index in [9.17, 15) is 4.79 Å². The van der Waals surface area contributed by atoms with Crippen LogP contribution in [0.1, 0.15) is 21.5 Å². The van der Waals surface area contributed by atoms with Gasteiger partial charge in [0.15, 0.2) is 0 Å². The fourth-order valence-electron chi connectivity index (χ4n) is 2.65. The van der Waals surface area contributed by atoms with Crippen LogP contribution in [-0.4, -0.2) is 19.6 Å². The van der Waals surface area contributed by atoms with Crippen molar-refractivity contribution >= 4 is 11.6 Å². The van der Waals surface area contributed by atoms with E-state index in [-0.39, 0.29) is 5.91 Å². The van der Waals surface area contributed by atoms with E-state index in [1.165, 1.54) is 5.56 Å². The summed E-state index contributed by atoms with van der Waals surface area (Å²) in [6.45, 7) is 2.73. The molecule has 20 heavy (non-hydrogen) atoms. The van der Waals surface area contributed by atoms with E-state index in [1.807, 2.05) is 54.3 Å². The van der Waals surface area contributed by atoms with Gasteiger partial charge in [-0.25, -0.2) is 0 Å². The van der Waals surface area contributed by atoms with Gasteiger partial charge in [0.05, 0.1) is 7.11 Å². The summed E-state index contributed by atoms with van der Waals surface area (Å²) in [4.78, 5) is 14.5. The van der Waals surface area contributed by atoms with Crippen LogP contribution in [0, 0.1) is 6.92 Å². The minimum Gasteiger partial charge on any atom is -0.497 e. The maximum Gasteiger partial charge on any atom is 0.258 e. The van der Waals surface area contributed by atoms with Crippen molar-refractivity contribution in [3.63, 3.8) is 0 Å². The van der Waals surface area contributed by atoms with Crippen LogP contribution in [0.4, 0.5) is 5.69 Å². The number of nitrogens with zero attached hydrogens (tertiary/aromatic N) is 1. The van der Waals surface area contributed by atoms with Crippen molar-refractivity contribution in [2.24, 2.45) is 0 Å². The number of rotatable bonds is 2. The molecule has 0 aromatic heterocycles. The second-order valence-corrected chi connectivity index (χ2v) is 5.07. The van der Waals surface area contributed by atoms with E-state index in [1.54, 1.807) is 7.11 Å². The second-order valence-electron chi connectivity index (χ2n) is 5.07. The van der Waals surface area contributed by atoms with Crippen LogP contribution in [0.15, 0.2) is 42.5 Å². The highest BCUT2D eigenvalue weighted by atomic mass is 16.5. The molecule has 1 aliphatic heterocycles. The monoisotopic (exact) mass is 267 g/mol. The number of methoxy groups -OCH3 is 1. The Morgan fingerprint density at radius 3 is 2.80 bits per heavy atom. The number of benzene rings is 2. The lowest BCUT2D eigenvalue weighted by Gasteiger charge is -2.18. The van der Waals surface area contributed by atoms with Crippen LogP contribution < -0.4 is 9.64 Å². The lowest BCUT2D eigenvalue weighted by Crippen LogP contribution is -2.28. The molecule has 2 aromatic carbocycles. The summed E-state index contributed by atoms with van der Waals surface area (Å²) in [6.07, 6.45) is 0.879. The largest absolute Gasteiger partial charge is 0.497 e. The first-order chi connectivity index (χ1) is 9.69. The van der Waals surface area contributed by atoms with Gasteiger partial charge in [-0.1, -0.05) is 17.7 Å². The second kappa shape index (κ2) is 5.00. The average molecular weight is 267 g/mol. The van der Waals surface area contributed by atoms with Gasteiger partial charge in [-0.3, -0.25) is 4.79 Å². The molecule has 0 unspecified atom stereocenters. The van der Waals surface area contributed by atoms with Gasteiger partial charge in [-0.2, -0.15) is 0 Å². The van der Waals surface area contributed by atoms with Gasteiger partial charge in [-0.15, -0.1) is 0 Å². The Labute approximate surface area is 118 Å². The van der Waals surface area contributed by atoms with E-state index in [4.69, 9.17) is 4.74 Å². The molecule has 0 fully saturated rings. The molecule has 0 aliphatic carbocycles. The molecule has 0 bridgehead atoms. The number of carbonyl (C=O) groups excluding carboxylic acids is 1. The van der Waals surface area contributed by atoms with Crippen LogP contribution >= 0.6 is 0 Å². The Morgan fingerprint density at radius 2 is 2.05 bits per heavy atom. The number of ether oxygens (including phenoxy) is 1. The molecule has 0 spiro atoms. The molecule has 1 amide bonds. The third-order valence-electron chi connectivity index (χ3n) is 3.69. The topological polar surface area (TPSA) is 29.5 Å². The maximum atomic E-state index is 12.6. The highest BCUT2D eigenvalue weighted by molar-refractivity contribution is 6.07. The lowest BCUT2D eigenvalue weighted by molar-refractivity contribution is 0.0989. The number of amides is 1. The predicted molar refractivity (Wildman–Crippen MR) is 79.6 cm³/mol. The van der Waals surface area contributed by atoms with Crippen molar-refractivity contribution in [3.05, 3.63) is 59.2 Å². The summed E-state index contributed by atoms with van der Waals surface area (Å²) in [7, 11) is 1.66. The lowest BCUT2D eigenvalue weighted by atomic mass is 10.1. The van der Waals surface area contributed by atoms with Crippen LogP contribution in [0.2, 0.25) is 0 Å². The Bertz CT molecular complexity index is 664. The van der Waals surface area contributed by atoms with E-state index >= 15 is 0 Å². The Balaban J connectivity index is 1.93. The molecule has 3 rings (SSSR count). The average Bonchev–Trinajstić information content (AvgIpc) is 2.89. The smallest absolute Gasteiger partial charge is 0.258 e. The number of carbonyl (C=O) groups is 1. The number of anilines is 1. The van der Waals surface area contributed by atoms with Crippen LogP contribution in [0.25, 0.3) is 0 Å². The minimum absolute atomic E-state index is 0.0672. The minimum atomic E-state index is 0.0672. The van der Waals surface area contributed by atoms with Crippen molar-refractivity contribution in [1.82, 2.24) is 0 Å². The molecule has 0 N–H and O–H groups in total. The highest BCUT2D eigenvalue weighted by Crippen LogP contribution is 2.32. The highest BCUT2D eigenvalue weighted by Gasteiger charge is 2.25. The Morgan fingerprint density at radius 1 is 1.20 bits per heavy atom. The molecule has 3 nitrogen and oxygen atoms in total. The van der Waals surface area contributed by atoms with Crippen molar-refractivity contribution in [2.45, 2.75) is 13.3 Å². The van der Waals surface area contributed by atoms with Crippen molar-refractivity contribution in [2.75, 3.05) is 18.6 Å². The number of fused-ring (bicyclic) bond motifs is 1. The molecule has 1 heterocycles. The SMILES string of the molecule is COc1ccc2c(c1)CCN2C(=O)c1cccc(C)c1. The van der Waals surface area contributed by atoms with Crippen LogP contribution in [0.3, 0.4) is 0 Å². The van der Waals surface area contributed by atoms with E-state index in [2.05, 4.69) is 0 Å². The third-order valence-corrected chi connectivity index (χ3v) is 3.69. The molecule has 0 saturated heterocycles. The van der Waals surface area contributed by atoms with Gasteiger partial charge in [0, 0.05) is 17.8 Å². The number of aryl methyl sites for hydroxylation is 1.